The van der Waals surface area contributed by atoms with Gasteiger partial charge in [0.25, 0.3) is 0 Å². The highest BCUT2D eigenvalue weighted by molar-refractivity contribution is 5.36. The molecule has 0 heterocycles. The first-order valence-electron chi connectivity index (χ1n) is 4.91. The van der Waals surface area contributed by atoms with Crippen LogP contribution >= 0.6 is 0 Å². The van der Waals surface area contributed by atoms with Gasteiger partial charge in [0.05, 0.1) is 11.5 Å². The average Bonchev–Trinajstić information content (AvgIpc) is 2.30. The fraction of sp³-hybridized carbons (Fsp3) is 0.400. The average molecular weight is 285 g/mol. The quantitative estimate of drug-likeness (QED) is 0.458. The predicted octanol–water partition coefficient (Wildman–Crippen LogP) is 3.15. The normalized spacial score (nSPS) is 11.9. The lowest BCUT2D eigenvalue weighted by Gasteiger charge is -2.15. The van der Waals surface area contributed by atoms with E-state index in [-0.39, 0.29) is 5.56 Å². The second-order valence-corrected chi connectivity index (χ2v) is 3.56. The van der Waals surface area contributed by atoms with Crippen molar-refractivity contribution in [2.24, 2.45) is 0 Å². The monoisotopic (exact) mass is 285 g/mol. The molecular weight excluding hydrogens is 277 g/mol. The smallest absolute Gasteiger partial charge is 0.330 e. The van der Waals surface area contributed by atoms with Gasteiger partial charge in [0.1, 0.15) is 6.61 Å². The Kier molecular flexibility index (Phi) is 4.76. The summed E-state index contributed by atoms with van der Waals surface area (Å²) < 4.78 is 66.3. The molecule has 0 aliphatic carbocycles. The number of alkyl halides is 4. The molecule has 0 unspecified atom stereocenters. The van der Waals surface area contributed by atoms with Gasteiger partial charge in [-0.25, -0.2) is 8.78 Å². The summed E-state index contributed by atoms with van der Waals surface area (Å²) in [6, 6.07) is 3.08. The summed E-state index contributed by atoms with van der Waals surface area (Å²) in [4.78, 5) is 9.41. The van der Waals surface area contributed by atoms with Gasteiger partial charge in [0, 0.05) is 11.6 Å². The summed E-state index contributed by atoms with van der Waals surface area (Å²) in [6.45, 7) is -2.37. The van der Waals surface area contributed by atoms with Crippen LogP contribution in [0.3, 0.4) is 0 Å². The summed E-state index contributed by atoms with van der Waals surface area (Å²) in [7, 11) is 0. The first-order chi connectivity index (χ1) is 8.75. The van der Waals surface area contributed by atoms with Crippen molar-refractivity contribution in [3.05, 3.63) is 39.7 Å². The van der Waals surface area contributed by atoms with Crippen molar-refractivity contribution >= 4 is 5.69 Å². The van der Waals surface area contributed by atoms with Crippen molar-refractivity contribution in [1.82, 2.24) is 0 Å². The topological polar surface area (TPSA) is 52.4 Å². The number of nitrogens with zero attached hydrogens (tertiary/aromatic N) is 1. The lowest BCUT2D eigenvalue weighted by molar-refractivity contribution is -0.387. The van der Waals surface area contributed by atoms with Crippen LogP contribution < -0.4 is 0 Å². The molecule has 0 radical (unpaired) electrons. The maximum atomic E-state index is 13.4. The van der Waals surface area contributed by atoms with E-state index in [2.05, 4.69) is 4.74 Å². The largest absolute Gasteiger partial charge is 0.370 e. The van der Waals surface area contributed by atoms with Gasteiger partial charge in [-0.1, -0.05) is 12.1 Å². The van der Waals surface area contributed by atoms with E-state index in [1.54, 1.807) is 0 Å². The number of halogens is 5. The first-order valence-corrected chi connectivity index (χ1v) is 4.91. The Balaban J connectivity index is 2.69. The fourth-order valence-corrected chi connectivity index (χ4v) is 1.18. The summed E-state index contributed by atoms with van der Waals surface area (Å²) in [6.07, 6.45) is -3.90. The van der Waals surface area contributed by atoms with Crippen molar-refractivity contribution in [3.8, 4) is 0 Å². The minimum Gasteiger partial charge on any atom is -0.370 e. The Morgan fingerprint density at radius 2 is 2.00 bits per heavy atom. The lowest BCUT2D eigenvalue weighted by atomic mass is 10.2. The maximum Gasteiger partial charge on any atom is 0.330 e. The van der Waals surface area contributed by atoms with Crippen LogP contribution in [0.1, 0.15) is 5.56 Å². The molecule has 0 atom stereocenters. The highest BCUT2D eigenvalue weighted by Gasteiger charge is 2.41. The van der Waals surface area contributed by atoms with E-state index < -0.39 is 42.0 Å². The molecule has 1 rings (SSSR count). The minimum atomic E-state index is -4.35. The number of nitro benzene ring substituents is 1. The van der Waals surface area contributed by atoms with Crippen LogP contribution in [0.2, 0.25) is 0 Å². The molecule has 0 fully saturated rings. The zero-order valence-electron chi connectivity index (χ0n) is 9.29. The van der Waals surface area contributed by atoms with Gasteiger partial charge in [-0.15, -0.1) is 0 Å². The third kappa shape index (κ3) is 3.85. The van der Waals surface area contributed by atoms with Crippen LogP contribution in [-0.2, 0) is 11.3 Å². The summed E-state index contributed by atoms with van der Waals surface area (Å²) in [5.74, 6) is -5.59. The Morgan fingerprint density at radius 3 is 2.53 bits per heavy atom. The Hall–Kier alpha value is -1.77. The van der Waals surface area contributed by atoms with Crippen LogP contribution in [0.15, 0.2) is 18.2 Å². The molecule has 0 aliphatic rings. The molecule has 0 spiro atoms. The highest BCUT2D eigenvalue weighted by atomic mass is 19.3. The Morgan fingerprint density at radius 1 is 1.37 bits per heavy atom. The molecule has 106 valence electrons. The van der Waals surface area contributed by atoms with Gasteiger partial charge in [-0.2, -0.15) is 13.2 Å². The third-order valence-corrected chi connectivity index (χ3v) is 2.13. The van der Waals surface area contributed by atoms with Crippen LogP contribution in [0.5, 0.6) is 0 Å². The predicted molar refractivity (Wildman–Crippen MR) is 53.7 cm³/mol. The van der Waals surface area contributed by atoms with Gasteiger partial charge >= 0.3 is 18.0 Å². The third-order valence-electron chi connectivity index (χ3n) is 2.13. The number of hydrogen-bond acceptors (Lipinski definition) is 3. The standard InChI is InChI=1S/C10H8F5NO3/c11-8-6(2-1-3-7(8)16(17)18)4-19-5-10(14,15)9(12)13/h1-3,9H,4-5H2. The van der Waals surface area contributed by atoms with Crippen LogP contribution in [0.25, 0.3) is 0 Å². The van der Waals surface area contributed by atoms with Gasteiger partial charge in [0.2, 0.25) is 5.82 Å². The van der Waals surface area contributed by atoms with E-state index in [4.69, 9.17) is 0 Å². The molecule has 19 heavy (non-hydrogen) atoms. The molecule has 0 aromatic heterocycles. The van der Waals surface area contributed by atoms with E-state index >= 15 is 0 Å². The van der Waals surface area contributed by atoms with E-state index in [0.717, 1.165) is 18.2 Å². The maximum absolute atomic E-state index is 13.4. The molecule has 0 saturated heterocycles. The van der Waals surface area contributed by atoms with Crippen molar-refractivity contribution in [2.75, 3.05) is 6.61 Å². The molecular formula is C10H8F5NO3. The summed E-state index contributed by atoms with van der Waals surface area (Å²) in [5, 5.41) is 10.4. The second kappa shape index (κ2) is 5.91. The molecule has 4 nitrogen and oxygen atoms in total. The fourth-order valence-electron chi connectivity index (χ4n) is 1.18. The summed E-state index contributed by atoms with van der Waals surface area (Å²) >= 11 is 0. The van der Waals surface area contributed by atoms with E-state index in [1.165, 1.54) is 0 Å². The van der Waals surface area contributed by atoms with Crippen molar-refractivity contribution < 1.29 is 31.6 Å². The van der Waals surface area contributed by atoms with Crippen molar-refractivity contribution in [2.45, 2.75) is 19.0 Å². The van der Waals surface area contributed by atoms with Crippen LogP contribution in [0, 0.1) is 15.9 Å². The molecule has 0 amide bonds. The lowest BCUT2D eigenvalue weighted by Crippen LogP contribution is -2.32. The van der Waals surface area contributed by atoms with E-state index in [9.17, 15) is 32.1 Å². The van der Waals surface area contributed by atoms with Gasteiger partial charge in [-0.05, 0) is 0 Å². The van der Waals surface area contributed by atoms with Crippen LogP contribution in [0.4, 0.5) is 27.6 Å². The second-order valence-electron chi connectivity index (χ2n) is 3.56. The number of benzene rings is 1. The first kappa shape index (κ1) is 15.3. The molecule has 1 aromatic carbocycles. The summed E-state index contributed by atoms with van der Waals surface area (Å²) in [5.41, 5.74) is -1.21. The minimum absolute atomic E-state index is 0.362. The zero-order chi connectivity index (χ0) is 14.6. The van der Waals surface area contributed by atoms with Gasteiger partial charge < -0.3 is 4.74 Å². The number of hydrogen-bond donors (Lipinski definition) is 0. The van der Waals surface area contributed by atoms with Gasteiger partial charge in [0.15, 0.2) is 0 Å². The van der Waals surface area contributed by atoms with Crippen molar-refractivity contribution in [1.29, 1.82) is 0 Å². The molecule has 0 saturated carbocycles. The highest BCUT2D eigenvalue weighted by Crippen LogP contribution is 2.25. The molecule has 0 bridgehead atoms. The Bertz CT molecular complexity index is 466. The van der Waals surface area contributed by atoms with E-state index in [0.29, 0.717) is 0 Å². The Labute approximate surface area is 103 Å². The molecule has 0 N–H and O–H groups in total. The van der Waals surface area contributed by atoms with Crippen molar-refractivity contribution in [3.63, 3.8) is 0 Å². The number of rotatable bonds is 6. The molecule has 0 aliphatic heterocycles. The number of ether oxygens (including phenoxy) is 1. The molecule has 9 heteroatoms. The van der Waals surface area contributed by atoms with Gasteiger partial charge in [-0.3, -0.25) is 10.1 Å². The van der Waals surface area contributed by atoms with E-state index in [1.807, 2.05) is 0 Å². The zero-order valence-corrected chi connectivity index (χ0v) is 9.29. The molecule has 1 aromatic rings. The SMILES string of the molecule is O=[N+]([O-])c1cccc(COCC(F)(F)C(F)F)c1F. The number of nitro groups is 1. The van der Waals surface area contributed by atoms with Crippen LogP contribution in [-0.4, -0.2) is 23.9 Å².